The van der Waals surface area contributed by atoms with Crippen molar-refractivity contribution in [1.29, 1.82) is 0 Å². The zero-order valence-corrected chi connectivity index (χ0v) is 26.5. The van der Waals surface area contributed by atoms with E-state index in [1.165, 1.54) is 49.3 Å². The van der Waals surface area contributed by atoms with Crippen LogP contribution >= 0.6 is 0 Å². The van der Waals surface area contributed by atoms with E-state index in [4.69, 9.17) is 0 Å². The second-order valence-corrected chi connectivity index (χ2v) is 13.1. The molecule has 0 amide bonds. The molecule has 7 aromatic carbocycles. The molecule has 2 heteroatoms. The van der Waals surface area contributed by atoms with Crippen LogP contribution in [0.15, 0.2) is 164 Å². The van der Waals surface area contributed by atoms with Gasteiger partial charge in [-0.05, 0) is 82.1 Å². The van der Waals surface area contributed by atoms with Crippen molar-refractivity contribution < 1.29 is 0 Å². The zero-order valence-electron chi connectivity index (χ0n) is 26.5. The van der Waals surface area contributed by atoms with E-state index in [1.807, 2.05) is 0 Å². The average Bonchev–Trinajstić information content (AvgIpc) is 3.43. The van der Waals surface area contributed by atoms with Gasteiger partial charge in [0.05, 0.1) is 16.7 Å². The van der Waals surface area contributed by atoms with Gasteiger partial charge in [-0.1, -0.05) is 130 Å². The molecule has 1 aromatic heterocycles. The van der Waals surface area contributed by atoms with Gasteiger partial charge in [0.15, 0.2) is 0 Å². The Bertz CT molecular complexity index is 2290. The number of anilines is 3. The first-order valence-electron chi connectivity index (χ1n) is 16.0. The summed E-state index contributed by atoms with van der Waals surface area (Å²) in [6.07, 6.45) is 0. The summed E-state index contributed by atoms with van der Waals surface area (Å²) in [7, 11) is 0. The van der Waals surface area contributed by atoms with E-state index in [0.717, 1.165) is 22.7 Å². The molecule has 0 fully saturated rings. The number of aromatic nitrogens is 1. The summed E-state index contributed by atoms with van der Waals surface area (Å²) < 4.78 is 2.39. The molecule has 2 nitrogen and oxygen atoms in total. The Labute approximate surface area is 270 Å². The van der Waals surface area contributed by atoms with Crippen LogP contribution in [-0.4, -0.2) is 4.57 Å². The van der Waals surface area contributed by atoms with Crippen molar-refractivity contribution >= 4 is 49.6 Å². The third-order valence-corrected chi connectivity index (χ3v) is 9.12. The minimum absolute atomic E-state index is 0.0874. The predicted octanol–water partition coefficient (Wildman–Crippen LogP) is 12.4. The SMILES string of the molecule is CC(C)(C)c1ccc(N(c2cccc(-c3cccc(-n4c5ccccc5c5ccccc54)c3)c2)c2cccc3ccccc23)cc1. The van der Waals surface area contributed by atoms with Crippen LogP contribution in [0.5, 0.6) is 0 Å². The highest BCUT2D eigenvalue weighted by Crippen LogP contribution is 2.41. The Balaban J connectivity index is 1.28. The van der Waals surface area contributed by atoms with Crippen LogP contribution in [0.25, 0.3) is 49.4 Å². The van der Waals surface area contributed by atoms with Gasteiger partial charge in [0.25, 0.3) is 0 Å². The molecule has 0 aliphatic heterocycles. The second kappa shape index (κ2) is 11.1. The Morgan fingerprint density at radius 3 is 1.72 bits per heavy atom. The number of rotatable bonds is 5. The first kappa shape index (κ1) is 27.9. The lowest BCUT2D eigenvalue weighted by atomic mass is 9.87. The maximum absolute atomic E-state index is 2.40. The van der Waals surface area contributed by atoms with Crippen molar-refractivity contribution in [2.45, 2.75) is 26.2 Å². The summed E-state index contributed by atoms with van der Waals surface area (Å²) in [6, 6.07) is 59.5. The molecule has 8 aromatic rings. The fourth-order valence-electron chi connectivity index (χ4n) is 6.79. The summed E-state index contributed by atoms with van der Waals surface area (Å²) in [5.74, 6) is 0. The van der Waals surface area contributed by atoms with Crippen LogP contribution < -0.4 is 4.90 Å². The monoisotopic (exact) mass is 592 g/mol. The van der Waals surface area contributed by atoms with Gasteiger partial charge in [0.2, 0.25) is 0 Å². The minimum Gasteiger partial charge on any atom is -0.310 e. The molecular formula is C44H36N2. The highest BCUT2D eigenvalue weighted by atomic mass is 15.1. The third kappa shape index (κ3) is 4.83. The van der Waals surface area contributed by atoms with Gasteiger partial charge in [-0.15, -0.1) is 0 Å². The summed E-state index contributed by atoms with van der Waals surface area (Å²) >= 11 is 0. The van der Waals surface area contributed by atoms with E-state index in [-0.39, 0.29) is 5.41 Å². The largest absolute Gasteiger partial charge is 0.310 e. The molecular weight excluding hydrogens is 556 g/mol. The van der Waals surface area contributed by atoms with Crippen molar-refractivity contribution in [3.8, 4) is 16.8 Å². The number of para-hydroxylation sites is 2. The fraction of sp³-hybridized carbons (Fsp3) is 0.0909. The molecule has 0 N–H and O–H groups in total. The summed E-state index contributed by atoms with van der Waals surface area (Å²) in [5.41, 5.74) is 10.8. The Morgan fingerprint density at radius 1 is 0.457 bits per heavy atom. The van der Waals surface area contributed by atoms with E-state index in [0.29, 0.717) is 0 Å². The van der Waals surface area contributed by atoms with E-state index < -0.39 is 0 Å². The molecule has 0 saturated carbocycles. The van der Waals surface area contributed by atoms with Crippen LogP contribution in [0.1, 0.15) is 26.3 Å². The third-order valence-electron chi connectivity index (χ3n) is 9.12. The van der Waals surface area contributed by atoms with E-state index >= 15 is 0 Å². The highest BCUT2D eigenvalue weighted by Gasteiger charge is 2.19. The van der Waals surface area contributed by atoms with E-state index in [9.17, 15) is 0 Å². The van der Waals surface area contributed by atoms with Crippen LogP contribution in [0, 0.1) is 0 Å². The molecule has 0 saturated heterocycles. The Morgan fingerprint density at radius 2 is 1.02 bits per heavy atom. The van der Waals surface area contributed by atoms with Crippen LogP contribution in [-0.2, 0) is 5.41 Å². The number of hydrogen-bond donors (Lipinski definition) is 0. The fourth-order valence-corrected chi connectivity index (χ4v) is 6.79. The number of hydrogen-bond acceptors (Lipinski definition) is 1. The van der Waals surface area contributed by atoms with Crippen molar-refractivity contribution in [3.05, 3.63) is 169 Å². The number of benzene rings is 7. The first-order valence-corrected chi connectivity index (χ1v) is 16.0. The molecule has 0 aliphatic rings. The van der Waals surface area contributed by atoms with Gasteiger partial charge in [-0.2, -0.15) is 0 Å². The standard InChI is InChI=1S/C44H36N2/c1-44(2,3)34-25-27-35(28-26-34)45(41-24-12-14-31-13-4-5-19-38(31)41)36-17-10-15-32(29-36)33-16-11-18-37(30-33)46-42-22-8-6-20-39(42)40-21-7-9-23-43(40)46/h4-30H,1-3H3. The molecule has 0 bridgehead atoms. The number of nitrogens with zero attached hydrogens (tertiary/aromatic N) is 2. The van der Waals surface area contributed by atoms with Crippen LogP contribution in [0.3, 0.4) is 0 Å². The number of fused-ring (bicyclic) bond motifs is 4. The van der Waals surface area contributed by atoms with Crippen molar-refractivity contribution in [3.63, 3.8) is 0 Å². The van der Waals surface area contributed by atoms with Crippen molar-refractivity contribution in [1.82, 2.24) is 4.57 Å². The second-order valence-electron chi connectivity index (χ2n) is 13.1. The quantitative estimate of drug-likeness (QED) is 0.193. The zero-order chi connectivity index (χ0) is 31.3. The molecule has 0 aliphatic carbocycles. The molecule has 0 radical (unpaired) electrons. The van der Waals surface area contributed by atoms with Crippen molar-refractivity contribution in [2.75, 3.05) is 4.90 Å². The molecule has 8 rings (SSSR count). The predicted molar refractivity (Wildman–Crippen MR) is 197 cm³/mol. The van der Waals surface area contributed by atoms with Gasteiger partial charge < -0.3 is 9.47 Å². The van der Waals surface area contributed by atoms with Gasteiger partial charge in [0, 0.05) is 33.2 Å². The Hall–Kier alpha value is -5.60. The molecule has 1 heterocycles. The topological polar surface area (TPSA) is 8.17 Å². The summed E-state index contributed by atoms with van der Waals surface area (Å²) in [5, 5.41) is 5.00. The van der Waals surface area contributed by atoms with Gasteiger partial charge in [-0.3, -0.25) is 0 Å². The molecule has 222 valence electrons. The van der Waals surface area contributed by atoms with Crippen molar-refractivity contribution in [2.24, 2.45) is 0 Å². The van der Waals surface area contributed by atoms with Gasteiger partial charge in [-0.25, -0.2) is 0 Å². The minimum atomic E-state index is 0.0874. The summed E-state index contributed by atoms with van der Waals surface area (Å²) in [4.78, 5) is 2.40. The lowest BCUT2D eigenvalue weighted by Crippen LogP contribution is -2.13. The maximum atomic E-state index is 2.40. The average molecular weight is 593 g/mol. The van der Waals surface area contributed by atoms with E-state index in [1.54, 1.807) is 0 Å². The lowest BCUT2D eigenvalue weighted by Gasteiger charge is -2.28. The molecule has 46 heavy (non-hydrogen) atoms. The first-order chi connectivity index (χ1) is 22.5. The lowest BCUT2D eigenvalue weighted by molar-refractivity contribution is 0.590. The molecule has 0 spiro atoms. The molecule has 0 atom stereocenters. The molecule has 0 unspecified atom stereocenters. The van der Waals surface area contributed by atoms with E-state index in [2.05, 4.69) is 194 Å². The normalized spacial score (nSPS) is 11.8. The highest BCUT2D eigenvalue weighted by molar-refractivity contribution is 6.09. The van der Waals surface area contributed by atoms with Crippen LogP contribution in [0.4, 0.5) is 17.1 Å². The smallest absolute Gasteiger partial charge is 0.0541 e. The van der Waals surface area contributed by atoms with Gasteiger partial charge >= 0.3 is 0 Å². The Kier molecular flexibility index (Phi) is 6.73. The maximum Gasteiger partial charge on any atom is 0.0541 e. The van der Waals surface area contributed by atoms with Crippen LogP contribution in [0.2, 0.25) is 0 Å². The summed E-state index contributed by atoms with van der Waals surface area (Å²) in [6.45, 7) is 6.80. The van der Waals surface area contributed by atoms with Gasteiger partial charge in [0.1, 0.15) is 0 Å².